The second-order valence-corrected chi connectivity index (χ2v) is 6.18. The lowest BCUT2D eigenvalue weighted by atomic mass is 10.1. The molecule has 0 fully saturated rings. The fourth-order valence-electron chi connectivity index (χ4n) is 2.28. The van der Waals surface area contributed by atoms with Gasteiger partial charge in [-0.15, -0.1) is 0 Å². The topological polar surface area (TPSA) is 15.3 Å². The Labute approximate surface area is 129 Å². The van der Waals surface area contributed by atoms with E-state index in [0.29, 0.717) is 0 Å². The molecule has 1 unspecified atom stereocenters. The minimum atomic E-state index is 0.264. The van der Waals surface area contributed by atoms with Crippen LogP contribution in [0.5, 0.6) is 0 Å². The molecule has 0 aromatic heterocycles. The average Bonchev–Trinajstić information content (AvgIpc) is 2.38. The zero-order valence-corrected chi connectivity index (χ0v) is 13.8. The number of anilines is 1. The molecule has 0 amide bonds. The van der Waals surface area contributed by atoms with Crippen molar-refractivity contribution in [1.82, 2.24) is 4.90 Å². The number of hydrogen-bond acceptors (Lipinski definition) is 2. The smallest absolute Gasteiger partial charge is 0.0496 e. The summed E-state index contributed by atoms with van der Waals surface area (Å²) < 4.78 is 1.14. The van der Waals surface area contributed by atoms with Gasteiger partial charge in [0.05, 0.1) is 0 Å². The first-order valence-electron chi connectivity index (χ1n) is 6.81. The van der Waals surface area contributed by atoms with Crippen molar-refractivity contribution < 1.29 is 0 Å². The van der Waals surface area contributed by atoms with Crippen molar-refractivity contribution in [2.45, 2.75) is 19.5 Å². The van der Waals surface area contributed by atoms with Crippen LogP contribution in [0.4, 0.5) is 5.69 Å². The van der Waals surface area contributed by atoms with Gasteiger partial charge in [-0.25, -0.2) is 0 Å². The number of halogens is 1. The van der Waals surface area contributed by atoms with E-state index >= 15 is 0 Å². The third-order valence-corrected chi connectivity index (χ3v) is 3.90. The fraction of sp³-hybridized carbons (Fsp3) is 0.294. The highest BCUT2D eigenvalue weighted by molar-refractivity contribution is 9.10. The van der Waals surface area contributed by atoms with Crippen LogP contribution < -0.4 is 5.32 Å². The van der Waals surface area contributed by atoms with Gasteiger partial charge in [-0.05, 0) is 50.3 Å². The molecular formula is C17H21BrN2. The molecule has 2 aromatic carbocycles. The molecule has 2 nitrogen and oxygen atoms in total. The van der Waals surface area contributed by atoms with Crippen LogP contribution in [0.2, 0.25) is 0 Å². The molecule has 0 saturated carbocycles. The van der Waals surface area contributed by atoms with Crippen molar-refractivity contribution in [3.63, 3.8) is 0 Å². The van der Waals surface area contributed by atoms with E-state index in [1.165, 1.54) is 11.1 Å². The minimum absolute atomic E-state index is 0.264. The van der Waals surface area contributed by atoms with E-state index < -0.39 is 0 Å². The van der Waals surface area contributed by atoms with Crippen LogP contribution >= 0.6 is 15.9 Å². The maximum absolute atomic E-state index is 3.61. The second-order valence-electron chi connectivity index (χ2n) is 5.33. The Bertz CT molecular complexity index is 566. The average molecular weight is 333 g/mol. The van der Waals surface area contributed by atoms with Gasteiger partial charge in [-0.2, -0.15) is 0 Å². The standard InChI is InChI=1S/C17H21BrN2/c1-13(16-9-4-5-10-17(16)18)19-15-8-6-7-14(11-15)12-20(2)3/h4-11,13,19H,12H2,1-3H3. The van der Waals surface area contributed by atoms with E-state index in [-0.39, 0.29) is 6.04 Å². The summed E-state index contributed by atoms with van der Waals surface area (Å²) in [6, 6.07) is 17.2. The summed E-state index contributed by atoms with van der Waals surface area (Å²) in [5, 5.41) is 3.56. The predicted molar refractivity (Wildman–Crippen MR) is 90.0 cm³/mol. The molecule has 1 atom stereocenters. The van der Waals surface area contributed by atoms with Crippen LogP contribution in [-0.4, -0.2) is 19.0 Å². The highest BCUT2D eigenvalue weighted by Crippen LogP contribution is 2.26. The molecule has 0 aliphatic carbocycles. The van der Waals surface area contributed by atoms with Crippen molar-refractivity contribution in [3.05, 3.63) is 64.1 Å². The first-order valence-corrected chi connectivity index (χ1v) is 7.60. The number of hydrogen-bond donors (Lipinski definition) is 1. The summed E-state index contributed by atoms with van der Waals surface area (Å²) in [6.45, 7) is 3.14. The third kappa shape index (κ3) is 4.09. The molecule has 1 N–H and O–H groups in total. The Morgan fingerprint density at radius 1 is 1.10 bits per heavy atom. The summed E-state index contributed by atoms with van der Waals surface area (Å²) >= 11 is 3.61. The second kappa shape index (κ2) is 6.91. The molecule has 0 heterocycles. The Morgan fingerprint density at radius 3 is 2.55 bits per heavy atom. The lowest BCUT2D eigenvalue weighted by Gasteiger charge is -2.18. The van der Waals surface area contributed by atoms with Crippen LogP contribution in [-0.2, 0) is 6.54 Å². The van der Waals surface area contributed by atoms with Crippen LogP contribution in [0.15, 0.2) is 53.0 Å². The van der Waals surface area contributed by atoms with Gasteiger partial charge < -0.3 is 10.2 Å². The minimum Gasteiger partial charge on any atom is -0.378 e. The normalized spacial score (nSPS) is 12.4. The van der Waals surface area contributed by atoms with E-state index in [1.807, 2.05) is 6.07 Å². The summed E-state index contributed by atoms with van der Waals surface area (Å²) in [5.74, 6) is 0. The van der Waals surface area contributed by atoms with Crippen molar-refractivity contribution in [2.24, 2.45) is 0 Å². The molecule has 0 bridgehead atoms. The third-order valence-electron chi connectivity index (χ3n) is 3.18. The van der Waals surface area contributed by atoms with Gasteiger partial charge >= 0.3 is 0 Å². The first-order chi connectivity index (χ1) is 9.56. The Hall–Kier alpha value is -1.32. The number of nitrogens with zero attached hydrogens (tertiary/aromatic N) is 1. The molecule has 0 saturated heterocycles. The molecule has 0 spiro atoms. The molecule has 0 aliphatic heterocycles. The highest BCUT2D eigenvalue weighted by atomic mass is 79.9. The maximum Gasteiger partial charge on any atom is 0.0496 e. The highest BCUT2D eigenvalue weighted by Gasteiger charge is 2.08. The number of rotatable bonds is 5. The lowest BCUT2D eigenvalue weighted by Crippen LogP contribution is -2.11. The molecule has 106 valence electrons. The van der Waals surface area contributed by atoms with Gasteiger partial charge in [0.15, 0.2) is 0 Å². The van der Waals surface area contributed by atoms with Gasteiger partial charge in [0.25, 0.3) is 0 Å². The van der Waals surface area contributed by atoms with Gasteiger partial charge in [0.2, 0.25) is 0 Å². The molecule has 3 heteroatoms. The van der Waals surface area contributed by atoms with Crippen molar-refractivity contribution >= 4 is 21.6 Å². The largest absolute Gasteiger partial charge is 0.378 e. The zero-order valence-electron chi connectivity index (χ0n) is 12.2. The number of nitrogens with one attached hydrogen (secondary N) is 1. The van der Waals surface area contributed by atoms with Gasteiger partial charge in [0, 0.05) is 22.7 Å². The molecule has 2 aromatic rings. The van der Waals surface area contributed by atoms with Gasteiger partial charge in [-0.3, -0.25) is 0 Å². The van der Waals surface area contributed by atoms with Crippen molar-refractivity contribution in [2.75, 3.05) is 19.4 Å². The Balaban J connectivity index is 2.12. The predicted octanol–water partition coefficient (Wildman–Crippen LogP) is 4.68. The Kier molecular flexibility index (Phi) is 5.21. The molecule has 20 heavy (non-hydrogen) atoms. The van der Waals surface area contributed by atoms with E-state index in [4.69, 9.17) is 0 Å². The summed E-state index contributed by atoms with van der Waals surface area (Å²) in [6.07, 6.45) is 0. The first kappa shape index (κ1) is 15.1. The number of benzene rings is 2. The van der Waals surface area contributed by atoms with E-state index in [1.54, 1.807) is 0 Å². The Morgan fingerprint density at radius 2 is 1.85 bits per heavy atom. The summed E-state index contributed by atoms with van der Waals surface area (Å²) in [5.41, 5.74) is 3.75. The summed E-state index contributed by atoms with van der Waals surface area (Å²) in [7, 11) is 4.17. The van der Waals surface area contributed by atoms with E-state index in [2.05, 4.69) is 89.6 Å². The van der Waals surface area contributed by atoms with E-state index in [0.717, 1.165) is 16.7 Å². The maximum atomic E-state index is 3.61. The van der Waals surface area contributed by atoms with Crippen molar-refractivity contribution in [3.8, 4) is 0 Å². The van der Waals surface area contributed by atoms with Crippen LogP contribution in [0.3, 0.4) is 0 Å². The quantitative estimate of drug-likeness (QED) is 0.854. The zero-order chi connectivity index (χ0) is 14.5. The van der Waals surface area contributed by atoms with E-state index in [9.17, 15) is 0 Å². The lowest BCUT2D eigenvalue weighted by molar-refractivity contribution is 0.402. The molecule has 0 aliphatic rings. The van der Waals surface area contributed by atoms with Crippen LogP contribution in [0, 0.1) is 0 Å². The van der Waals surface area contributed by atoms with Crippen LogP contribution in [0.25, 0.3) is 0 Å². The van der Waals surface area contributed by atoms with Gasteiger partial charge in [0.1, 0.15) is 0 Å². The molecular weight excluding hydrogens is 312 g/mol. The molecule has 0 radical (unpaired) electrons. The van der Waals surface area contributed by atoms with Crippen molar-refractivity contribution in [1.29, 1.82) is 0 Å². The summed E-state index contributed by atoms with van der Waals surface area (Å²) in [4.78, 5) is 2.18. The fourth-order valence-corrected chi connectivity index (χ4v) is 2.91. The monoisotopic (exact) mass is 332 g/mol. The SMILES string of the molecule is CC(Nc1cccc(CN(C)C)c1)c1ccccc1Br. The van der Waals surface area contributed by atoms with Gasteiger partial charge in [-0.1, -0.05) is 46.3 Å². The molecule has 2 rings (SSSR count). The van der Waals surface area contributed by atoms with Crippen LogP contribution in [0.1, 0.15) is 24.1 Å².